The zero-order chi connectivity index (χ0) is 13.0. The van der Waals surface area contributed by atoms with Crippen molar-refractivity contribution in [2.45, 2.75) is 37.8 Å². The molecule has 1 aromatic rings. The molecule has 1 saturated carbocycles. The van der Waals surface area contributed by atoms with Crippen molar-refractivity contribution in [2.24, 2.45) is 0 Å². The normalized spacial score (nSPS) is 24.3. The van der Waals surface area contributed by atoms with Gasteiger partial charge >= 0.3 is 0 Å². The third-order valence-corrected chi connectivity index (χ3v) is 3.47. The van der Waals surface area contributed by atoms with Crippen molar-refractivity contribution < 1.29 is 14.3 Å². The van der Waals surface area contributed by atoms with Crippen LogP contribution in [0.5, 0.6) is 0 Å². The summed E-state index contributed by atoms with van der Waals surface area (Å²) >= 11 is 0. The number of nitrogens with zero attached hydrogens (tertiary/aromatic N) is 1. The first-order valence-electron chi connectivity index (χ1n) is 6.35. The van der Waals surface area contributed by atoms with Gasteiger partial charge in [0.05, 0.1) is 18.4 Å². The number of likely N-dealkylation sites (N-methyl/N-ethyl adjacent to an activating group) is 1. The Bertz CT molecular complexity index is 411. The van der Waals surface area contributed by atoms with Gasteiger partial charge in [-0.3, -0.25) is 4.79 Å². The quantitative estimate of drug-likeness (QED) is 0.834. The minimum atomic E-state index is -0.398. The Morgan fingerprint density at radius 1 is 1.50 bits per heavy atom. The molecule has 2 rings (SSSR count). The molecule has 2 unspecified atom stereocenters. The van der Waals surface area contributed by atoms with Crippen LogP contribution in [0.3, 0.4) is 0 Å². The summed E-state index contributed by atoms with van der Waals surface area (Å²) in [5, 5.41) is 9.90. The molecule has 4 nitrogen and oxygen atoms in total. The molecule has 0 aromatic carbocycles. The number of hydrogen-bond acceptors (Lipinski definition) is 3. The molecule has 18 heavy (non-hydrogen) atoms. The number of aliphatic hydroxyl groups is 1. The predicted octanol–water partition coefficient (Wildman–Crippen LogP) is 2.05. The Morgan fingerprint density at radius 2 is 2.28 bits per heavy atom. The van der Waals surface area contributed by atoms with Crippen molar-refractivity contribution in [2.75, 3.05) is 7.05 Å². The molecule has 1 fully saturated rings. The van der Waals surface area contributed by atoms with Crippen LogP contribution in [0.1, 0.15) is 31.4 Å². The van der Waals surface area contributed by atoms with E-state index in [1.165, 1.54) is 6.08 Å². The lowest BCUT2D eigenvalue weighted by molar-refractivity contribution is -0.130. The van der Waals surface area contributed by atoms with E-state index >= 15 is 0 Å². The predicted molar refractivity (Wildman–Crippen MR) is 68.8 cm³/mol. The van der Waals surface area contributed by atoms with Crippen LogP contribution in [0.25, 0.3) is 6.08 Å². The molecule has 0 saturated heterocycles. The Kier molecular flexibility index (Phi) is 4.20. The molecule has 0 radical (unpaired) electrons. The van der Waals surface area contributed by atoms with Crippen LogP contribution in [0.15, 0.2) is 28.9 Å². The van der Waals surface area contributed by atoms with Crippen LogP contribution >= 0.6 is 0 Å². The molecule has 0 spiro atoms. The van der Waals surface area contributed by atoms with E-state index in [4.69, 9.17) is 4.42 Å². The molecular weight excluding hydrogens is 230 g/mol. The van der Waals surface area contributed by atoms with Gasteiger partial charge in [-0.15, -0.1) is 0 Å². The van der Waals surface area contributed by atoms with Gasteiger partial charge in [-0.25, -0.2) is 0 Å². The molecule has 4 heteroatoms. The summed E-state index contributed by atoms with van der Waals surface area (Å²) < 4.78 is 5.12. The largest absolute Gasteiger partial charge is 0.465 e. The van der Waals surface area contributed by atoms with E-state index in [0.717, 1.165) is 25.7 Å². The summed E-state index contributed by atoms with van der Waals surface area (Å²) in [6.07, 6.45) is 8.07. The minimum absolute atomic E-state index is 0.0625. The minimum Gasteiger partial charge on any atom is -0.465 e. The molecule has 2 atom stereocenters. The number of furan rings is 1. The number of aliphatic hydroxyl groups excluding tert-OH is 1. The smallest absolute Gasteiger partial charge is 0.246 e. The Morgan fingerprint density at radius 3 is 2.94 bits per heavy atom. The lowest BCUT2D eigenvalue weighted by atomic mass is 9.91. The fourth-order valence-electron chi connectivity index (χ4n) is 2.36. The molecule has 0 aliphatic heterocycles. The molecular formula is C14H19NO3. The highest BCUT2D eigenvalue weighted by Crippen LogP contribution is 2.22. The lowest BCUT2D eigenvalue weighted by Crippen LogP contribution is -2.45. The van der Waals surface area contributed by atoms with Crippen molar-refractivity contribution in [3.05, 3.63) is 30.2 Å². The SMILES string of the molecule is CN(C(=O)/C=C/c1ccco1)C1CCCCC1O. The van der Waals surface area contributed by atoms with Gasteiger partial charge in [0.25, 0.3) is 0 Å². The van der Waals surface area contributed by atoms with E-state index in [1.807, 2.05) is 0 Å². The highest BCUT2D eigenvalue weighted by Gasteiger charge is 2.28. The van der Waals surface area contributed by atoms with E-state index in [1.54, 1.807) is 36.4 Å². The van der Waals surface area contributed by atoms with E-state index < -0.39 is 6.10 Å². The van der Waals surface area contributed by atoms with E-state index in [-0.39, 0.29) is 11.9 Å². The zero-order valence-corrected chi connectivity index (χ0v) is 10.6. The van der Waals surface area contributed by atoms with Gasteiger partial charge in [0, 0.05) is 13.1 Å². The standard InChI is InChI=1S/C14H19NO3/c1-15(12-6-2-3-7-13(12)16)14(17)9-8-11-5-4-10-18-11/h4-5,8-10,12-13,16H,2-3,6-7H2,1H3/b9-8+. The summed E-state index contributed by atoms with van der Waals surface area (Å²) in [6.45, 7) is 0. The highest BCUT2D eigenvalue weighted by molar-refractivity contribution is 5.91. The van der Waals surface area contributed by atoms with Crippen LogP contribution in [0.4, 0.5) is 0 Å². The molecule has 1 aliphatic rings. The summed E-state index contributed by atoms with van der Waals surface area (Å²) in [5.74, 6) is 0.554. The summed E-state index contributed by atoms with van der Waals surface area (Å²) in [5.41, 5.74) is 0. The van der Waals surface area contributed by atoms with Crippen LogP contribution in [-0.2, 0) is 4.79 Å². The fraction of sp³-hybridized carbons (Fsp3) is 0.500. The Hall–Kier alpha value is -1.55. The zero-order valence-electron chi connectivity index (χ0n) is 10.6. The van der Waals surface area contributed by atoms with Crippen LogP contribution < -0.4 is 0 Å². The van der Waals surface area contributed by atoms with E-state index in [2.05, 4.69) is 0 Å². The third-order valence-electron chi connectivity index (χ3n) is 3.47. The average molecular weight is 249 g/mol. The summed E-state index contributed by atoms with van der Waals surface area (Å²) in [4.78, 5) is 13.6. The molecule has 98 valence electrons. The second-order valence-electron chi connectivity index (χ2n) is 4.72. The number of carbonyl (C=O) groups excluding carboxylic acids is 1. The Labute approximate surface area is 107 Å². The molecule has 1 amide bonds. The number of rotatable bonds is 3. The highest BCUT2D eigenvalue weighted by atomic mass is 16.3. The van der Waals surface area contributed by atoms with Crippen molar-refractivity contribution in [3.63, 3.8) is 0 Å². The van der Waals surface area contributed by atoms with Gasteiger partial charge in [0.1, 0.15) is 5.76 Å². The van der Waals surface area contributed by atoms with Crippen molar-refractivity contribution in [1.82, 2.24) is 4.90 Å². The van der Waals surface area contributed by atoms with Gasteiger partial charge in [0.15, 0.2) is 0 Å². The molecule has 1 N–H and O–H groups in total. The van der Waals surface area contributed by atoms with Crippen molar-refractivity contribution in [3.8, 4) is 0 Å². The average Bonchev–Trinajstić information content (AvgIpc) is 2.89. The maximum atomic E-state index is 12.0. The van der Waals surface area contributed by atoms with Crippen molar-refractivity contribution in [1.29, 1.82) is 0 Å². The maximum absolute atomic E-state index is 12.0. The monoisotopic (exact) mass is 249 g/mol. The van der Waals surface area contributed by atoms with Crippen LogP contribution in [-0.4, -0.2) is 35.1 Å². The Balaban J connectivity index is 1.95. The first-order chi connectivity index (χ1) is 8.68. The van der Waals surface area contributed by atoms with Gasteiger partial charge < -0.3 is 14.4 Å². The van der Waals surface area contributed by atoms with Crippen LogP contribution in [0, 0.1) is 0 Å². The first-order valence-corrected chi connectivity index (χ1v) is 6.35. The van der Waals surface area contributed by atoms with Crippen LogP contribution in [0.2, 0.25) is 0 Å². The third kappa shape index (κ3) is 3.01. The maximum Gasteiger partial charge on any atom is 0.246 e. The second-order valence-corrected chi connectivity index (χ2v) is 4.72. The van der Waals surface area contributed by atoms with Gasteiger partial charge in [0.2, 0.25) is 5.91 Å². The molecule has 1 heterocycles. The fourth-order valence-corrected chi connectivity index (χ4v) is 2.36. The number of amides is 1. The van der Waals surface area contributed by atoms with E-state index in [9.17, 15) is 9.90 Å². The van der Waals surface area contributed by atoms with Gasteiger partial charge in [-0.2, -0.15) is 0 Å². The van der Waals surface area contributed by atoms with Crippen molar-refractivity contribution >= 4 is 12.0 Å². The lowest BCUT2D eigenvalue weighted by Gasteiger charge is -2.34. The number of carbonyl (C=O) groups is 1. The topological polar surface area (TPSA) is 53.7 Å². The van der Waals surface area contributed by atoms with Gasteiger partial charge in [-0.05, 0) is 31.1 Å². The van der Waals surface area contributed by atoms with E-state index in [0.29, 0.717) is 5.76 Å². The van der Waals surface area contributed by atoms with Gasteiger partial charge in [-0.1, -0.05) is 12.8 Å². The summed E-state index contributed by atoms with van der Waals surface area (Å²) in [7, 11) is 1.74. The molecule has 0 bridgehead atoms. The first kappa shape index (κ1) is 12.9. The summed E-state index contributed by atoms with van der Waals surface area (Å²) in [6, 6.07) is 3.50. The molecule has 1 aliphatic carbocycles. The second kappa shape index (κ2) is 5.87. The number of hydrogen-bond donors (Lipinski definition) is 1. The molecule has 1 aromatic heterocycles.